The van der Waals surface area contributed by atoms with E-state index in [0.29, 0.717) is 11.6 Å². The van der Waals surface area contributed by atoms with Gasteiger partial charge in [0, 0.05) is 29.9 Å². The van der Waals surface area contributed by atoms with E-state index in [4.69, 9.17) is 11.6 Å². The third kappa shape index (κ3) is 4.94. The first-order valence-corrected chi connectivity index (χ1v) is 8.56. The highest BCUT2D eigenvalue weighted by molar-refractivity contribution is 9.10. The van der Waals surface area contributed by atoms with Crippen LogP contribution in [-0.2, 0) is 11.3 Å². The number of halogens is 2. The quantitative estimate of drug-likeness (QED) is 0.589. The van der Waals surface area contributed by atoms with Crippen LogP contribution in [0.5, 0.6) is 0 Å². The van der Waals surface area contributed by atoms with Crippen molar-refractivity contribution in [1.82, 2.24) is 15.1 Å². The van der Waals surface area contributed by atoms with Gasteiger partial charge in [-0.1, -0.05) is 29.8 Å². The van der Waals surface area contributed by atoms with Gasteiger partial charge >= 0.3 is 0 Å². The summed E-state index contributed by atoms with van der Waals surface area (Å²) < 4.78 is 3.00. The van der Waals surface area contributed by atoms with Crippen molar-refractivity contribution in [2.45, 2.75) is 26.8 Å². The van der Waals surface area contributed by atoms with Gasteiger partial charge in [-0.2, -0.15) is 5.10 Å². The SMILES string of the molecule is Cc1nn(CCCNC(=O)/C=C/c2ccccc2Cl)c(C)c1Br. The number of rotatable bonds is 6. The fourth-order valence-electron chi connectivity index (χ4n) is 2.17. The van der Waals surface area contributed by atoms with Crippen LogP contribution < -0.4 is 5.32 Å². The Morgan fingerprint density at radius 1 is 1.39 bits per heavy atom. The summed E-state index contributed by atoms with van der Waals surface area (Å²) in [6.45, 7) is 5.36. The van der Waals surface area contributed by atoms with Crippen molar-refractivity contribution < 1.29 is 4.79 Å². The number of hydrogen-bond donors (Lipinski definition) is 1. The van der Waals surface area contributed by atoms with Crippen LogP contribution >= 0.6 is 27.5 Å². The molecular weight excluding hydrogens is 378 g/mol. The highest BCUT2D eigenvalue weighted by Crippen LogP contribution is 2.19. The predicted molar refractivity (Wildman–Crippen MR) is 97.5 cm³/mol. The molecule has 0 spiro atoms. The van der Waals surface area contributed by atoms with Gasteiger partial charge in [-0.3, -0.25) is 9.48 Å². The number of carbonyl (C=O) groups excluding carboxylic acids is 1. The maximum atomic E-state index is 11.8. The zero-order valence-electron chi connectivity index (χ0n) is 13.1. The minimum Gasteiger partial charge on any atom is -0.352 e. The number of benzene rings is 1. The van der Waals surface area contributed by atoms with E-state index in [-0.39, 0.29) is 5.91 Å². The van der Waals surface area contributed by atoms with Crippen LogP contribution in [0, 0.1) is 13.8 Å². The summed E-state index contributed by atoms with van der Waals surface area (Å²) in [5.41, 5.74) is 2.92. The van der Waals surface area contributed by atoms with Crippen LogP contribution in [0.4, 0.5) is 0 Å². The average Bonchev–Trinajstić information content (AvgIpc) is 2.78. The zero-order chi connectivity index (χ0) is 16.8. The molecule has 1 aromatic heterocycles. The van der Waals surface area contributed by atoms with E-state index in [1.807, 2.05) is 36.7 Å². The fourth-order valence-corrected chi connectivity index (χ4v) is 2.65. The van der Waals surface area contributed by atoms with Gasteiger partial charge in [0.2, 0.25) is 5.91 Å². The summed E-state index contributed by atoms with van der Waals surface area (Å²) in [6.07, 6.45) is 4.04. The van der Waals surface area contributed by atoms with E-state index in [9.17, 15) is 4.79 Å². The average molecular weight is 397 g/mol. The molecule has 0 saturated heterocycles. The van der Waals surface area contributed by atoms with Crippen LogP contribution in [0.1, 0.15) is 23.4 Å². The second-order valence-electron chi connectivity index (χ2n) is 5.21. The Labute approximate surface area is 149 Å². The van der Waals surface area contributed by atoms with Crippen molar-refractivity contribution in [2.24, 2.45) is 0 Å². The molecule has 0 unspecified atom stereocenters. The second-order valence-corrected chi connectivity index (χ2v) is 6.41. The van der Waals surface area contributed by atoms with Crippen molar-refractivity contribution in [1.29, 1.82) is 0 Å². The zero-order valence-corrected chi connectivity index (χ0v) is 15.5. The summed E-state index contributed by atoms with van der Waals surface area (Å²) in [6, 6.07) is 7.41. The van der Waals surface area contributed by atoms with Crippen molar-refractivity contribution in [3.8, 4) is 0 Å². The van der Waals surface area contributed by atoms with Crippen LogP contribution in [0.3, 0.4) is 0 Å². The molecule has 23 heavy (non-hydrogen) atoms. The van der Waals surface area contributed by atoms with Crippen LogP contribution in [0.2, 0.25) is 5.02 Å². The fraction of sp³-hybridized carbons (Fsp3) is 0.294. The molecule has 0 aliphatic carbocycles. The number of hydrogen-bond acceptors (Lipinski definition) is 2. The highest BCUT2D eigenvalue weighted by atomic mass is 79.9. The molecule has 0 atom stereocenters. The normalized spacial score (nSPS) is 11.1. The summed E-state index contributed by atoms with van der Waals surface area (Å²) >= 11 is 9.54. The lowest BCUT2D eigenvalue weighted by molar-refractivity contribution is -0.116. The first-order valence-electron chi connectivity index (χ1n) is 7.39. The van der Waals surface area contributed by atoms with Gasteiger partial charge in [0.15, 0.2) is 0 Å². The third-order valence-electron chi connectivity index (χ3n) is 3.46. The van der Waals surface area contributed by atoms with E-state index in [2.05, 4.69) is 26.3 Å². The number of carbonyl (C=O) groups is 1. The summed E-state index contributed by atoms with van der Waals surface area (Å²) in [5, 5.41) is 7.93. The molecule has 1 amide bonds. The molecule has 4 nitrogen and oxygen atoms in total. The van der Waals surface area contributed by atoms with E-state index >= 15 is 0 Å². The van der Waals surface area contributed by atoms with Gasteiger partial charge in [-0.15, -0.1) is 0 Å². The first-order chi connectivity index (χ1) is 11.0. The van der Waals surface area contributed by atoms with Crippen LogP contribution in [0.15, 0.2) is 34.8 Å². The van der Waals surface area contributed by atoms with Gasteiger partial charge in [0.25, 0.3) is 0 Å². The van der Waals surface area contributed by atoms with Gasteiger partial charge in [-0.25, -0.2) is 0 Å². The van der Waals surface area contributed by atoms with Gasteiger partial charge < -0.3 is 5.32 Å². The highest BCUT2D eigenvalue weighted by Gasteiger charge is 2.07. The molecule has 1 aromatic carbocycles. The largest absolute Gasteiger partial charge is 0.352 e. The Bertz CT molecular complexity index is 725. The summed E-state index contributed by atoms with van der Waals surface area (Å²) in [4.78, 5) is 11.8. The lowest BCUT2D eigenvalue weighted by atomic mass is 10.2. The van der Waals surface area contributed by atoms with Crippen molar-refractivity contribution in [3.63, 3.8) is 0 Å². The number of amides is 1. The van der Waals surface area contributed by atoms with Crippen molar-refractivity contribution in [2.75, 3.05) is 6.54 Å². The monoisotopic (exact) mass is 395 g/mol. The maximum Gasteiger partial charge on any atom is 0.244 e. The minimum atomic E-state index is -0.125. The molecule has 0 aliphatic rings. The second kappa shape index (κ2) is 8.31. The van der Waals surface area contributed by atoms with E-state index in [0.717, 1.165) is 34.4 Å². The molecule has 2 aromatic rings. The van der Waals surface area contributed by atoms with Gasteiger partial charge in [-0.05, 0) is 53.9 Å². The third-order valence-corrected chi connectivity index (χ3v) is 4.95. The number of nitrogens with zero attached hydrogens (tertiary/aromatic N) is 2. The molecule has 6 heteroatoms. The lowest BCUT2D eigenvalue weighted by Gasteiger charge is -2.05. The van der Waals surface area contributed by atoms with E-state index in [1.165, 1.54) is 6.08 Å². The van der Waals surface area contributed by atoms with E-state index < -0.39 is 0 Å². The van der Waals surface area contributed by atoms with Gasteiger partial charge in [0.1, 0.15) is 0 Å². The molecule has 0 bridgehead atoms. The topological polar surface area (TPSA) is 46.9 Å². The Balaban J connectivity index is 1.77. The van der Waals surface area contributed by atoms with Gasteiger partial charge in [0.05, 0.1) is 10.2 Å². The number of aryl methyl sites for hydroxylation is 2. The Kier molecular flexibility index (Phi) is 6.42. The number of aromatic nitrogens is 2. The molecule has 1 heterocycles. The lowest BCUT2D eigenvalue weighted by Crippen LogP contribution is -2.23. The molecule has 0 radical (unpaired) electrons. The molecule has 0 fully saturated rings. The number of nitrogens with one attached hydrogen (secondary N) is 1. The Morgan fingerprint density at radius 3 is 2.78 bits per heavy atom. The predicted octanol–water partition coefficient (Wildman–Crippen LogP) is 4.14. The summed E-state index contributed by atoms with van der Waals surface area (Å²) in [7, 11) is 0. The molecule has 0 saturated carbocycles. The molecule has 0 aliphatic heterocycles. The smallest absolute Gasteiger partial charge is 0.244 e. The first kappa shape index (κ1) is 17.8. The molecular formula is C17H19BrClN3O. The molecule has 122 valence electrons. The van der Waals surface area contributed by atoms with Crippen molar-refractivity contribution >= 4 is 39.5 Å². The molecule has 2 rings (SSSR count). The Hall–Kier alpha value is -1.59. The van der Waals surface area contributed by atoms with E-state index in [1.54, 1.807) is 12.1 Å². The summed E-state index contributed by atoms with van der Waals surface area (Å²) in [5.74, 6) is -0.125. The molecule has 1 N–H and O–H groups in total. The van der Waals surface area contributed by atoms with Crippen molar-refractivity contribution in [3.05, 3.63) is 56.8 Å². The van der Waals surface area contributed by atoms with Crippen LogP contribution in [-0.4, -0.2) is 22.2 Å². The minimum absolute atomic E-state index is 0.125. The standard InChI is InChI=1S/C17H19BrClN3O/c1-12-17(18)13(2)22(21-12)11-5-10-20-16(23)9-8-14-6-3-4-7-15(14)19/h3-4,6-9H,5,10-11H2,1-2H3,(H,20,23)/b9-8+. The van der Waals surface area contributed by atoms with Crippen LogP contribution in [0.25, 0.3) is 6.08 Å². The maximum absolute atomic E-state index is 11.8. The Morgan fingerprint density at radius 2 is 2.13 bits per heavy atom.